The van der Waals surface area contributed by atoms with Gasteiger partial charge >= 0.3 is 6.36 Å². The van der Waals surface area contributed by atoms with Crippen molar-refractivity contribution in [1.29, 1.82) is 0 Å². The molecule has 1 amide bonds. The van der Waals surface area contributed by atoms with Crippen molar-refractivity contribution in [1.82, 2.24) is 19.7 Å². The summed E-state index contributed by atoms with van der Waals surface area (Å²) in [4.78, 5) is 24.4. The number of aromatic nitrogens is 3. The lowest BCUT2D eigenvalue weighted by Crippen LogP contribution is -2.23. The summed E-state index contributed by atoms with van der Waals surface area (Å²) in [6, 6.07) is 17.8. The number of carbonyl (C=O) groups excluding carboxylic acids is 1. The molecule has 0 atom stereocenters. The highest BCUT2D eigenvalue weighted by atomic mass is 19.4. The second-order valence-electron chi connectivity index (χ2n) is 7.98. The van der Waals surface area contributed by atoms with Gasteiger partial charge in [-0.25, -0.2) is 0 Å². The van der Waals surface area contributed by atoms with Gasteiger partial charge in [0, 0.05) is 25.0 Å². The predicted molar refractivity (Wildman–Crippen MR) is 126 cm³/mol. The third-order valence-electron chi connectivity index (χ3n) is 5.26. The van der Waals surface area contributed by atoms with Crippen LogP contribution in [0.25, 0.3) is 0 Å². The Morgan fingerprint density at radius 3 is 2.22 bits per heavy atom. The number of nitrogens with two attached hydrogens (primary N) is 1. The lowest BCUT2D eigenvalue weighted by molar-refractivity contribution is -0.274. The van der Waals surface area contributed by atoms with Crippen LogP contribution in [0.1, 0.15) is 27.0 Å². The standard InChI is InChI=1S/C25H22F3N5O3/c26-25(27,28)36-20-10-8-17(9-11-20)13-30-24(35)21-16-33(31-23(21)29)15-19-6-4-18(5-7-19)14-32-12-2-1-3-22(32)34/h1-12,16H,13-15H2,(H2,29,31)(H,30,35). The minimum Gasteiger partial charge on any atom is -0.406 e. The van der Waals surface area contributed by atoms with Gasteiger partial charge in [-0.15, -0.1) is 13.2 Å². The zero-order chi connectivity index (χ0) is 25.7. The molecule has 4 aromatic rings. The number of alkyl halides is 3. The number of halogens is 3. The summed E-state index contributed by atoms with van der Waals surface area (Å²) in [5.41, 5.74) is 8.50. The number of carbonyl (C=O) groups is 1. The van der Waals surface area contributed by atoms with Crippen LogP contribution in [0.5, 0.6) is 5.75 Å². The Hall–Kier alpha value is -4.54. The largest absolute Gasteiger partial charge is 0.573 e. The van der Waals surface area contributed by atoms with Crippen LogP contribution in [-0.4, -0.2) is 26.6 Å². The third kappa shape index (κ3) is 6.53. The van der Waals surface area contributed by atoms with E-state index in [9.17, 15) is 22.8 Å². The molecular formula is C25H22F3N5O3. The zero-order valence-electron chi connectivity index (χ0n) is 18.9. The van der Waals surface area contributed by atoms with E-state index in [1.807, 2.05) is 24.3 Å². The lowest BCUT2D eigenvalue weighted by Gasteiger charge is -2.09. The first-order chi connectivity index (χ1) is 17.2. The number of nitrogens with one attached hydrogen (secondary N) is 1. The fourth-order valence-corrected chi connectivity index (χ4v) is 3.50. The van der Waals surface area contributed by atoms with Crippen LogP contribution < -0.4 is 21.3 Å². The Morgan fingerprint density at radius 2 is 1.58 bits per heavy atom. The minimum atomic E-state index is -4.77. The second-order valence-corrected chi connectivity index (χ2v) is 7.98. The van der Waals surface area contributed by atoms with E-state index < -0.39 is 12.3 Å². The van der Waals surface area contributed by atoms with Gasteiger partial charge in [0.25, 0.3) is 11.5 Å². The average Bonchev–Trinajstić information content (AvgIpc) is 3.20. The molecule has 0 spiro atoms. The van der Waals surface area contributed by atoms with Crippen LogP contribution in [0.15, 0.2) is 83.9 Å². The van der Waals surface area contributed by atoms with Crippen LogP contribution in [0.3, 0.4) is 0 Å². The Bertz CT molecular complexity index is 1390. The van der Waals surface area contributed by atoms with Crippen molar-refractivity contribution in [2.75, 3.05) is 5.73 Å². The Kier molecular flexibility index (Phi) is 7.09. The van der Waals surface area contributed by atoms with Crippen molar-refractivity contribution >= 4 is 11.7 Å². The summed E-state index contributed by atoms with van der Waals surface area (Å²) in [5, 5.41) is 6.87. The molecule has 8 nitrogen and oxygen atoms in total. The molecule has 3 N–H and O–H groups in total. The number of ether oxygens (including phenoxy) is 1. The molecular weight excluding hydrogens is 475 g/mol. The number of benzene rings is 2. The van der Waals surface area contributed by atoms with Gasteiger partial charge in [-0.05, 0) is 34.9 Å². The summed E-state index contributed by atoms with van der Waals surface area (Å²) in [6.45, 7) is 0.919. The number of nitrogens with zero attached hydrogens (tertiary/aromatic N) is 3. The minimum absolute atomic E-state index is 0.0569. The quantitative estimate of drug-likeness (QED) is 0.388. The van der Waals surface area contributed by atoms with E-state index in [0.717, 1.165) is 11.1 Å². The summed E-state index contributed by atoms with van der Waals surface area (Å²) in [6.07, 6.45) is -1.51. The highest BCUT2D eigenvalue weighted by Crippen LogP contribution is 2.22. The van der Waals surface area contributed by atoms with Gasteiger partial charge < -0.3 is 20.4 Å². The summed E-state index contributed by atoms with van der Waals surface area (Å²) >= 11 is 0. The lowest BCUT2D eigenvalue weighted by atomic mass is 10.1. The van der Waals surface area contributed by atoms with Gasteiger partial charge in [-0.1, -0.05) is 42.5 Å². The number of hydrogen-bond donors (Lipinski definition) is 2. The molecule has 0 unspecified atom stereocenters. The average molecular weight is 497 g/mol. The van der Waals surface area contributed by atoms with E-state index in [1.165, 1.54) is 36.5 Å². The number of pyridine rings is 1. The maximum absolute atomic E-state index is 12.6. The fraction of sp³-hybridized carbons (Fsp3) is 0.160. The number of amides is 1. The second kappa shape index (κ2) is 10.4. The van der Waals surface area contributed by atoms with Crippen LogP contribution >= 0.6 is 0 Å². The zero-order valence-corrected chi connectivity index (χ0v) is 18.9. The topological polar surface area (TPSA) is 104 Å². The highest BCUT2D eigenvalue weighted by molar-refractivity contribution is 5.98. The van der Waals surface area contributed by atoms with E-state index in [0.29, 0.717) is 18.7 Å². The molecule has 0 aliphatic carbocycles. The fourth-order valence-electron chi connectivity index (χ4n) is 3.50. The summed E-state index contributed by atoms with van der Waals surface area (Å²) in [7, 11) is 0. The molecule has 0 saturated heterocycles. The maximum Gasteiger partial charge on any atom is 0.573 e. The smallest absolute Gasteiger partial charge is 0.406 e. The van der Waals surface area contributed by atoms with Gasteiger partial charge in [-0.2, -0.15) is 5.10 Å². The molecule has 0 radical (unpaired) electrons. The molecule has 0 aliphatic heterocycles. The van der Waals surface area contributed by atoms with Gasteiger partial charge in [-0.3, -0.25) is 14.3 Å². The molecule has 2 heterocycles. The third-order valence-corrected chi connectivity index (χ3v) is 5.26. The number of hydrogen-bond acceptors (Lipinski definition) is 5. The van der Waals surface area contributed by atoms with Crippen LogP contribution in [0.2, 0.25) is 0 Å². The van der Waals surface area contributed by atoms with Crippen LogP contribution in [0, 0.1) is 0 Å². The van der Waals surface area contributed by atoms with Crippen LogP contribution in [0.4, 0.5) is 19.0 Å². The first-order valence-electron chi connectivity index (χ1n) is 10.9. The number of rotatable bonds is 8. The van der Waals surface area contributed by atoms with Crippen molar-refractivity contribution < 1.29 is 22.7 Å². The summed E-state index contributed by atoms with van der Waals surface area (Å²) in [5.74, 6) is -0.746. The number of anilines is 1. The molecule has 0 aliphatic rings. The van der Waals surface area contributed by atoms with E-state index in [1.54, 1.807) is 27.6 Å². The van der Waals surface area contributed by atoms with E-state index in [4.69, 9.17) is 5.73 Å². The predicted octanol–water partition coefficient (Wildman–Crippen LogP) is 3.55. The van der Waals surface area contributed by atoms with E-state index in [-0.39, 0.29) is 29.2 Å². The van der Waals surface area contributed by atoms with Gasteiger partial charge in [0.2, 0.25) is 0 Å². The van der Waals surface area contributed by atoms with Crippen molar-refractivity contribution in [3.8, 4) is 5.75 Å². The monoisotopic (exact) mass is 497 g/mol. The molecule has 2 aromatic carbocycles. The van der Waals surface area contributed by atoms with Crippen LogP contribution in [-0.2, 0) is 19.6 Å². The normalized spacial score (nSPS) is 11.3. The Balaban J connectivity index is 1.34. The molecule has 186 valence electrons. The van der Waals surface area contributed by atoms with E-state index >= 15 is 0 Å². The van der Waals surface area contributed by atoms with E-state index in [2.05, 4.69) is 15.2 Å². The summed E-state index contributed by atoms with van der Waals surface area (Å²) < 4.78 is 43.8. The first kappa shape index (κ1) is 24.6. The van der Waals surface area contributed by atoms with Gasteiger partial charge in [0.15, 0.2) is 5.82 Å². The Morgan fingerprint density at radius 1 is 0.944 bits per heavy atom. The molecule has 0 saturated carbocycles. The van der Waals surface area contributed by atoms with Gasteiger partial charge in [0.05, 0.1) is 13.1 Å². The van der Waals surface area contributed by atoms with Crippen molar-refractivity contribution in [2.24, 2.45) is 0 Å². The van der Waals surface area contributed by atoms with Gasteiger partial charge in [0.1, 0.15) is 11.3 Å². The molecule has 4 rings (SSSR count). The molecule has 0 bridgehead atoms. The molecule has 11 heteroatoms. The molecule has 0 fully saturated rings. The maximum atomic E-state index is 12.6. The number of nitrogen functional groups attached to an aromatic ring is 1. The molecule has 36 heavy (non-hydrogen) atoms. The Labute approximate surface area is 203 Å². The SMILES string of the molecule is Nc1nn(Cc2ccc(Cn3ccccc3=O)cc2)cc1C(=O)NCc1ccc(OC(F)(F)F)cc1. The molecule has 2 aromatic heterocycles. The van der Waals surface area contributed by atoms with Crippen molar-refractivity contribution in [3.63, 3.8) is 0 Å². The highest BCUT2D eigenvalue weighted by Gasteiger charge is 2.30. The van der Waals surface area contributed by atoms with Crippen molar-refractivity contribution in [2.45, 2.75) is 26.0 Å². The first-order valence-corrected chi connectivity index (χ1v) is 10.9. The van der Waals surface area contributed by atoms with Crippen molar-refractivity contribution in [3.05, 3.63) is 112 Å².